The van der Waals surface area contributed by atoms with Gasteiger partial charge in [0.15, 0.2) is 12.3 Å². The maximum absolute atomic E-state index is 11.4. The molecule has 0 radical (unpaired) electrons. The third kappa shape index (κ3) is 5.18. The first-order valence-corrected chi connectivity index (χ1v) is 6.53. The van der Waals surface area contributed by atoms with Crippen molar-refractivity contribution in [1.29, 1.82) is 0 Å². The van der Waals surface area contributed by atoms with E-state index in [4.69, 9.17) is 14.3 Å². The molecule has 7 heteroatoms. The van der Waals surface area contributed by atoms with Gasteiger partial charge in [-0.15, -0.1) is 0 Å². The molecule has 0 spiro atoms. The van der Waals surface area contributed by atoms with Crippen LogP contribution in [0.3, 0.4) is 0 Å². The molecule has 1 N–H and O–H groups in total. The van der Waals surface area contributed by atoms with Gasteiger partial charge in [-0.05, 0) is 41.5 Å². The molecule has 0 aliphatic carbocycles. The van der Waals surface area contributed by atoms with Gasteiger partial charge in [-0.1, -0.05) is 0 Å². The Hall–Kier alpha value is -1.89. The molecule has 0 heterocycles. The number of carbonyl (C=O) groups is 1. The van der Waals surface area contributed by atoms with E-state index in [1.807, 2.05) is 0 Å². The van der Waals surface area contributed by atoms with Crippen LogP contribution in [0.25, 0.3) is 0 Å². The van der Waals surface area contributed by atoms with E-state index in [2.05, 4.69) is 5.48 Å². The van der Waals surface area contributed by atoms with Gasteiger partial charge in [-0.3, -0.25) is 19.9 Å². The van der Waals surface area contributed by atoms with Crippen molar-refractivity contribution in [3.8, 4) is 5.75 Å². The number of anilines is 1. The molecule has 1 rings (SSSR count). The number of rotatable bonds is 5. The molecular formula is C14H21NO6. The highest BCUT2D eigenvalue weighted by molar-refractivity contribution is 5.71. The Labute approximate surface area is 122 Å². The molecular weight excluding hydrogens is 278 g/mol. The fourth-order valence-corrected chi connectivity index (χ4v) is 1.41. The van der Waals surface area contributed by atoms with Crippen LogP contribution in [0.4, 0.5) is 5.69 Å². The highest BCUT2D eigenvalue weighted by atomic mass is 16.7. The van der Waals surface area contributed by atoms with Crippen LogP contribution in [-0.2, 0) is 14.4 Å². The van der Waals surface area contributed by atoms with E-state index in [-0.39, 0.29) is 11.4 Å². The second kappa shape index (κ2) is 5.85. The minimum atomic E-state index is -0.738. The van der Waals surface area contributed by atoms with Gasteiger partial charge < -0.3 is 9.47 Å². The van der Waals surface area contributed by atoms with Crippen LogP contribution in [0.5, 0.6) is 5.75 Å². The lowest BCUT2D eigenvalue weighted by atomic mass is 10.1. The van der Waals surface area contributed by atoms with Crippen LogP contribution in [0.15, 0.2) is 9.59 Å². The summed E-state index contributed by atoms with van der Waals surface area (Å²) in [6, 6.07) is 0. The molecule has 21 heavy (non-hydrogen) atoms. The Balaban J connectivity index is 2.58. The summed E-state index contributed by atoms with van der Waals surface area (Å²) in [6.45, 7) is 10.0. The summed E-state index contributed by atoms with van der Waals surface area (Å²) in [4.78, 5) is 39.1. The molecule has 118 valence electrons. The minimum absolute atomic E-state index is 0.0847. The minimum Gasteiger partial charge on any atom is -0.482 e. The number of hydrogen-bond donors (Lipinski definition) is 1. The lowest BCUT2D eigenvalue weighted by molar-refractivity contribution is -0.159. The van der Waals surface area contributed by atoms with Crippen LogP contribution in [0, 0.1) is 0 Å². The fourth-order valence-electron chi connectivity index (χ4n) is 1.41. The summed E-state index contributed by atoms with van der Waals surface area (Å²) in [5.74, 6) is -0.677. The van der Waals surface area contributed by atoms with Gasteiger partial charge in [-0.2, -0.15) is 0 Å². The summed E-state index contributed by atoms with van der Waals surface area (Å²) in [5.41, 5.74) is -0.509. The molecule has 0 saturated heterocycles. The van der Waals surface area contributed by atoms with Crippen molar-refractivity contribution >= 4 is 11.7 Å². The average Bonchev–Trinajstić information content (AvgIpc) is 2.28. The van der Waals surface area contributed by atoms with Crippen molar-refractivity contribution in [3.63, 3.8) is 0 Å². The molecule has 0 aromatic heterocycles. The fraction of sp³-hybridized carbons (Fsp3) is 0.643. The van der Waals surface area contributed by atoms with Crippen molar-refractivity contribution in [1.82, 2.24) is 0 Å². The molecule has 0 unspecified atom stereocenters. The van der Waals surface area contributed by atoms with E-state index < -0.39 is 34.6 Å². The molecule has 0 atom stereocenters. The van der Waals surface area contributed by atoms with Gasteiger partial charge in [0.1, 0.15) is 11.2 Å². The van der Waals surface area contributed by atoms with Crippen LogP contribution in [-0.4, -0.2) is 23.8 Å². The van der Waals surface area contributed by atoms with Crippen LogP contribution in [0.1, 0.15) is 41.5 Å². The van der Waals surface area contributed by atoms with Crippen LogP contribution in [0.2, 0.25) is 0 Å². The number of ether oxygens (including phenoxy) is 2. The molecule has 0 bridgehead atoms. The second-order valence-electron chi connectivity index (χ2n) is 6.55. The summed E-state index contributed by atoms with van der Waals surface area (Å²) in [5, 5.41) is 0. The van der Waals surface area contributed by atoms with E-state index in [0.29, 0.717) is 0 Å². The molecule has 0 saturated carbocycles. The van der Waals surface area contributed by atoms with Gasteiger partial charge in [-0.25, -0.2) is 4.79 Å². The topological polar surface area (TPSA) is 90.9 Å². The van der Waals surface area contributed by atoms with Gasteiger partial charge in [0.25, 0.3) is 10.9 Å². The zero-order valence-electron chi connectivity index (χ0n) is 13.2. The van der Waals surface area contributed by atoms with E-state index in [0.717, 1.165) is 0 Å². The van der Waals surface area contributed by atoms with E-state index in [1.54, 1.807) is 41.5 Å². The summed E-state index contributed by atoms with van der Waals surface area (Å²) < 4.78 is 10.4. The molecule has 1 aromatic rings. The first-order valence-electron chi connectivity index (χ1n) is 6.53. The Morgan fingerprint density at radius 1 is 1.00 bits per heavy atom. The molecule has 7 nitrogen and oxygen atoms in total. The van der Waals surface area contributed by atoms with E-state index >= 15 is 0 Å². The number of nitrogens with one attached hydrogen (secondary N) is 1. The Kier molecular flexibility index (Phi) is 4.78. The monoisotopic (exact) mass is 299 g/mol. The van der Waals surface area contributed by atoms with Crippen LogP contribution < -0.4 is 21.1 Å². The van der Waals surface area contributed by atoms with Crippen molar-refractivity contribution < 1.29 is 19.1 Å². The number of carbonyl (C=O) groups excluding carboxylic acids is 1. The Morgan fingerprint density at radius 2 is 1.57 bits per heavy atom. The zero-order chi connectivity index (χ0) is 16.4. The first-order chi connectivity index (χ1) is 9.41. The zero-order valence-corrected chi connectivity index (χ0v) is 13.2. The van der Waals surface area contributed by atoms with Gasteiger partial charge in [0, 0.05) is 0 Å². The third-order valence-electron chi connectivity index (χ3n) is 2.06. The maximum atomic E-state index is 11.4. The van der Waals surface area contributed by atoms with Gasteiger partial charge >= 0.3 is 5.97 Å². The Bertz CT molecular complexity index is 584. The Morgan fingerprint density at radius 3 is 2.05 bits per heavy atom. The predicted octanol–water partition coefficient (Wildman–Crippen LogP) is 1.15. The van der Waals surface area contributed by atoms with Crippen LogP contribution >= 0.6 is 0 Å². The SMILES string of the molecule is CC(C)(C)OC(=O)CONc1c(OC(C)(C)C)c(=O)c1=O. The number of hydrogen-bond acceptors (Lipinski definition) is 7. The maximum Gasteiger partial charge on any atom is 0.335 e. The van der Waals surface area contributed by atoms with Crippen molar-refractivity contribution in [3.05, 3.63) is 20.4 Å². The first kappa shape index (κ1) is 17.2. The van der Waals surface area contributed by atoms with Gasteiger partial charge in [0.05, 0.1) is 0 Å². The standard InChI is InChI=1S/C14H21NO6/c1-13(2,3)20-8(16)7-19-15-9-10(17)11(18)12(9)21-14(4,5)6/h15H,7H2,1-6H3. The molecule has 0 aliphatic rings. The summed E-state index contributed by atoms with van der Waals surface area (Å²) in [7, 11) is 0. The molecule has 0 amide bonds. The van der Waals surface area contributed by atoms with Crippen molar-refractivity contribution in [2.75, 3.05) is 12.1 Å². The largest absolute Gasteiger partial charge is 0.482 e. The molecule has 0 fully saturated rings. The van der Waals surface area contributed by atoms with Gasteiger partial charge in [0.2, 0.25) is 5.75 Å². The van der Waals surface area contributed by atoms with Crippen molar-refractivity contribution in [2.24, 2.45) is 0 Å². The summed E-state index contributed by atoms with van der Waals surface area (Å²) in [6.07, 6.45) is 0. The number of esters is 1. The highest BCUT2D eigenvalue weighted by Crippen LogP contribution is 2.22. The average molecular weight is 299 g/mol. The lowest BCUT2D eigenvalue weighted by Gasteiger charge is -2.23. The lowest BCUT2D eigenvalue weighted by Crippen LogP contribution is -2.40. The quantitative estimate of drug-likeness (QED) is 0.495. The normalized spacial score (nSPS) is 12.3. The van der Waals surface area contributed by atoms with Crippen molar-refractivity contribution in [2.45, 2.75) is 52.7 Å². The molecule has 1 aromatic carbocycles. The summed E-state index contributed by atoms with van der Waals surface area (Å²) >= 11 is 0. The van der Waals surface area contributed by atoms with E-state index in [1.165, 1.54) is 0 Å². The third-order valence-corrected chi connectivity index (χ3v) is 2.06. The predicted molar refractivity (Wildman–Crippen MR) is 77.2 cm³/mol. The van der Waals surface area contributed by atoms with E-state index in [9.17, 15) is 14.4 Å². The highest BCUT2D eigenvalue weighted by Gasteiger charge is 2.27. The smallest absolute Gasteiger partial charge is 0.335 e. The second-order valence-corrected chi connectivity index (χ2v) is 6.55. The molecule has 0 aliphatic heterocycles.